The highest BCUT2D eigenvalue weighted by Crippen LogP contribution is 2.53. The highest BCUT2D eigenvalue weighted by Gasteiger charge is 2.79. The van der Waals surface area contributed by atoms with Gasteiger partial charge in [0.2, 0.25) is 0 Å². The van der Waals surface area contributed by atoms with Crippen molar-refractivity contribution in [2.45, 2.75) is 31.5 Å². The van der Waals surface area contributed by atoms with E-state index in [1.807, 2.05) is 0 Å². The lowest BCUT2D eigenvalue weighted by Gasteiger charge is -2.32. The van der Waals surface area contributed by atoms with Crippen LogP contribution in [0.5, 0.6) is 0 Å². The Bertz CT molecular complexity index is 467. The largest absolute Gasteiger partial charge is 0.422 e. The van der Waals surface area contributed by atoms with Gasteiger partial charge in [0.05, 0.1) is 0 Å². The molecule has 0 rings (SSSR count). The number of carbonyl (C=O) groups excluding carboxylic acids is 2. The van der Waals surface area contributed by atoms with E-state index in [0.29, 0.717) is 0 Å². The van der Waals surface area contributed by atoms with Crippen LogP contribution in [0.4, 0.5) is 52.7 Å². The van der Waals surface area contributed by atoms with Crippen molar-refractivity contribution in [1.82, 2.24) is 0 Å². The summed E-state index contributed by atoms with van der Waals surface area (Å²) in [5, 5.41) is 0. The summed E-state index contributed by atoms with van der Waals surface area (Å²) in [4.78, 5) is 22.1. The van der Waals surface area contributed by atoms with Gasteiger partial charge in [0.1, 0.15) is 0 Å². The lowest BCUT2D eigenvalue weighted by Crippen LogP contribution is -2.62. The highest BCUT2D eigenvalue weighted by atomic mass is 127. The van der Waals surface area contributed by atoms with Crippen LogP contribution in [-0.2, 0) is 14.3 Å². The predicted molar refractivity (Wildman–Crippen MR) is 68.8 cm³/mol. The topological polar surface area (TPSA) is 43.4 Å². The summed E-state index contributed by atoms with van der Waals surface area (Å²) in [6.45, 7) is 0. The smallest absolute Gasteiger partial charge is 0.390 e. The first kappa shape index (κ1) is 24.8. The van der Waals surface area contributed by atoms with Gasteiger partial charge in [-0.3, -0.25) is 0 Å². The van der Waals surface area contributed by atoms with E-state index in [2.05, 4.69) is 4.74 Å². The second-order valence-corrected chi connectivity index (χ2v) is 7.22. The van der Waals surface area contributed by atoms with Gasteiger partial charge in [0.25, 0.3) is 0 Å². The fraction of sp³-hybridized carbons (Fsp3) is 0.750. The number of halogens is 14. The van der Waals surface area contributed by atoms with Crippen molar-refractivity contribution in [3.8, 4) is 0 Å². The van der Waals surface area contributed by atoms with Gasteiger partial charge in [-0.25, -0.2) is 9.59 Å². The van der Waals surface area contributed by atoms with Crippen molar-refractivity contribution >= 4 is 57.1 Å². The van der Waals surface area contributed by atoms with Gasteiger partial charge < -0.3 is 4.74 Å². The van der Waals surface area contributed by atoms with Crippen molar-refractivity contribution in [2.75, 3.05) is 0 Å². The molecule has 0 heterocycles. The fourth-order valence-corrected chi connectivity index (χ4v) is 1.23. The molecule has 148 valence electrons. The first-order valence-electron chi connectivity index (χ1n) is 4.96. The molecule has 0 aromatic heterocycles. The van der Waals surface area contributed by atoms with E-state index in [1.165, 1.54) is 0 Å². The summed E-state index contributed by atoms with van der Waals surface area (Å²) in [5.41, 5.74) is 0. The van der Waals surface area contributed by atoms with Crippen LogP contribution in [0.25, 0.3) is 0 Å². The molecular formula is C8F12I2O3. The molecule has 0 saturated heterocycles. The molecule has 0 fully saturated rings. The molecule has 0 unspecified atom stereocenters. The van der Waals surface area contributed by atoms with Crippen LogP contribution in [0.15, 0.2) is 0 Å². The molecule has 0 aliphatic rings. The van der Waals surface area contributed by atoms with E-state index in [-0.39, 0.29) is 0 Å². The Morgan fingerprint density at radius 3 is 0.800 bits per heavy atom. The van der Waals surface area contributed by atoms with Gasteiger partial charge >= 0.3 is 43.5 Å². The Morgan fingerprint density at radius 2 is 0.680 bits per heavy atom. The first-order valence-corrected chi connectivity index (χ1v) is 7.12. The minimum absolute atomic E-state index is 0.624. The molecular weight excluding hydrogens is 626 g/mol. The van der Waals surface area contributed by atoms with Gasteiger partial charge in [-0.15, -0.1) is 0 Å². The van der Waals surface area contributed by atoms with E-state index in [4.69, 9.17) is 0 Å². The molecule has 0 bridgehead atoms. The van der Waals surface area contributed by atoms with Crippen molar-refractivity contribution in [3.63, 3.8) is 0 Å². The molecule has 25 heavy (non-hydrogen) atoms. The summed E-state index contributed by atoms with van der Waals surface area (Å²) in [5.74, 6) is -7.40. The van der Waals surface area contributed by atoms with Crippen LogP contribution in [-0.4, -0.2) is 43.5 Å². The van der Waals surface area contributed by atoms with Crippen molar-refractivity contribution in [3.05, 3.63) is 0 Å². The number of hydrogen-bond acceptors (Lipinski definition) is 3. The molecule has 0 aromatic rings. The second kappa shape index (κ2) is 6.73. The number of ether oxygens (including phenoxy) is 1. The van der Waals surface area contributed by atoms with E-state index in [0.717, 1.165) is 0 Å². The number of carbonyl (C=O) groups is 2. The quantitative estimate of drug-likeness (QED) is 0.148. The van der Waals surface area contributed by atoms with Crippen LogP contribution in [0.1, 0.15) is 0 Å². The molecule has 0 aliphatic heterocycles. The van der Waals surface area contributed by atoms with Gasteiger partial charge in [0.15, 0.2) is 0 Å². The van der Waals surface area contributed by atoms with Gasteiger partial charge in [-0.05, 0) is 45.2 Å². The first-order chi connectivity index (χ1) is 10.5. The van der Waals surface area contributed by atoms with Gasteiger partial charge in [-0.1, -0.05) is 0 Å². The van der Waals surface area contributed by atoms with Crippen molar-refractivity contribution < 1.29 is 67.0 Å². The molecule has 0 saturated carbocycles. The zero-order chi connectivity index (χ0) is 20.9. The molecule has 0 amide bonds. The van der Waals surface area contributed by atoms with Crippen LogP contribution >= 0.6 is 45.2 Å². The minimum Gasteiger partial charge on any atom is -0.390 e. The lowest BCUT2D eigenvalue weighted by atomic mass is 10.1. The minimum atomic E-state index is -6.55. The fourth-order valence-electron chi connectivity index (χ4n) is 1.01. The number of hydrogen-bond donors (Lipinski definition) is 0. The number of alkyl halides is 14. The zero-order valence-corrected chi connectivity index (χ0v) is 14.8. The number of esters is 2. The molecule has 3 nitrogen and oxygen atoms in total. The maximum absolute atomic E-state index is 12.5. The summed E-state index contributed by atoms with van der Waals surface area (Å²) >= 11 is -1.25. The summed E-state index contributed by atoms with van der Waals surface area (Å²) < 4.78 is 141. The highest BCUT2D eigenvalue weighted by molar-refractivity contribution is 14.1. The van der Waals surface area contributed by atoms with Crippen molar-refractivity contribution in [2.24, 2.45) is 0 Å². The second-order valence-electron chi connectivity index (χ2n) is 3.98. The van der Waals surface area contributed by atoms with E-state index in [1.54, 1.807) is 0 Å². The van der Waals surface area contributed by atoms with E-state index >= 15 is 0 Å². The van der Waals surface area contributed by atoms with Crippen LogP contribution in [0, 0.1) is 0 Å². The molecule has 0 spiro atoms. The monoisotopic (exact) mass is 626 g/mol. The molecule has 0 N–H and O–H groups in total. The summed E-state index contributed by atoms with van der Waals surface area (Å²) in [6.07, 6.45) is -26.2. The van der Waals surface area contributed by atoms with Crippen LogP contribution in [0.3, 0.4) is 0 Å². The zero-order valence-electron chi connectivity index (χ0n) is 10.5. The van der Waals surface area contributed by atoms with E-state index < -0.39 is 88.7 Å². The third-order valence-electron chi connectivity index (χ3n) is 2.31. The molecule has 17 heteroatoms. The third-order valence-corrected chi connectivity index (χ3v) is 5.64. The average Bonchev–Trinajstić information content (AvgIpc) is 2.30. The Hall–Kier alpha value is -0.240. The Balaban J connectivity index is 6.08. The Labute approximate surface area is 155 Å². The van der Waals surface area contributed by atoms with Gasteiger partial charge in [0, 0.05) is 0 Å². The van der Waals surface area contributed by atoms with Crippen LogP contribution < -0.4 is 0 Å². The normalized spacial score (nSPS) is 15.1. The predicted octanol–water partition coefficient (Wildman–Crippen LogP) is 4.65. The third kappa shape index (κ3) is 4.20. The number of rotatable bonds is 2. The summed E-state index contributed by atoms with van der Waals surface area (Å²) in [7, 11) is 0. The maximum atomic E-state index is 12.5. The average molecular weight is 626 g/mol. The van der Waals surface area contributed by atoms with Crippen molar-refractivity contribution in [1.29, 1.82) is 0 Å². The molecule has 0 aliphatic carbocycles. The standard InChI is InChI=1S/C8F12I2O3/c9-5(10,11)3(21,6(12,13)14)1(23)25-2(24)4(22,7(15,16)17)8(18,19)20. The molecule has 0 radical (unpaired) electrons. The summed E-state index contributed by atoms with van der Waals surface area (Å²) in [6, 6.07) is 0. The van der Waals surface area contributed by atoms with E-state index in [9.17, 15) is 62.3 Å². The maximum Gasteiger partial charge on any atom is 0.422 e. The Kier molecular flexibility index (Phi) is 6.67. The Morgan fingerprint density at radius 1 is 0.520 bits per heavy atom. The SMILES string of the molecule is O=C(OC(=O)C(I)(C(F)(F)F)C(F)(F)F)C(I)(C(F)(F)F)C(F)(F)F. The molecule has 0 atom stereocenters. The lowest BCUT2D eigenvalue weighted by molar-refractivity contribution is -0.265. The van der Waals surface area contributed by atoms with Crippen LogP contribution in [0.2, 0.25) is 0 Å². The van der Waals surface area contributed by atoms with Gasteiger partial charge in [-0.2, -0.15) is 52.7 Å². The molecule has 0 aromatic carbocycles.